The van der Waals surface area contributed by atoms with Crippen molar-refractivity contribution in [3.63, 3.8) is 0 Å². The van der Waals surface area contributed by atoms with Gasteiger partial charge in [0.15, 0.2) is 6.61 Å². The van der Waals surface area contributed by atoms with E-state index in [0.29, 0.717) is 15.5 Å². The van der Waals surface area contributed by atoms with Crippen molar-refractivity contribution in [2.45, 2.75) is 27.3 Å². The number of imide groups is 1. The molecule has 0 radical (unpaired) electrons. The number of carbonyl (C=O) groups is 3. The summed E-state index contributed by atoms with van der Waals surface area (Å²) in [5.74, 6) is -3.93. The molecular weight excluding hydrogens is 670 g/mol. The van der Waals surface area contributed by atoms with Crippen molar-refractivity contribution in [1.29, 1.82) is 0 Å². The lowest BCUT2D eigenvalue weighted by Gasteiger charge is -2.30. The summed E-state index contributed by atoms with van der Waals surface area (Å²) in [6.45, 7) is -0.511. The van der Waals surface area contributed by atoms with E-state index in [1.807, 2.05) is 0 Å². The van der Waals surface area contributed by atoms with Crippen molar-refractivity contribution in [2.75, 3.05) is 16.8 Å². The number of sulfonamides is 1. The molecular formula is C29H21F3N4O7S3. The van der Waals surface area contributed by atoms with Crippen molar-refractivity contribution in [3.05, 3.63) is 98.5 Å². The van der Waals surface area contributed by atoms with Gasteiger partial charge in [0, 0.05) is 22.0 Å². The Morgan fingerprint density at radius 2 is 1.72 bits per heavy atom. The van der Waals surface area contributed by atoms with Crippen LogP contribution in [-0.4, -0.2) is 43.0 Å². The number of para-hydroxylation sites is 1. The van der Waals surface area contributed by atoms with Gasteiger partial charge in [-0.15, -0.1) is 0 Å². The maximum atomic E-state index is 14.0. The van der Waals surface area contributed by atoms with E-state index in [2.05, 4.69) is 10.3 Å². The standard InChI is InChI=1S/C29H21F3N4O7S3/c30-29(31,32)14-4-3-5-16(12-14)36-26(38)22-21(23-25(35-28(40)45-23)44-24(22)27(36)39)18-6-1-2-7-19(18)43-13-20(37)34-15-8-10-17(11-9-15)46(33,41)42/h1-12,21-22,24H,13H2,(H,34,37)(H,35,40)(H2,33,41,42). The fourth-order valence-electron chi connectivity index (χ4n) is 5.37. The van der Waals surface area contributed by atoms with E-state index in [1.165, 1.54) is 30.3 Å². The summed E-state index contributed by atoms with van der Waals surface area (Å²) in [6.07, 6.45) is -4.70. The molecule has 3 unspecified atom stereocenters. The Morgan fingerprint density at radius 3 is 2.41 bits per heavy atom. The molecule has 6 rings (SSSR count). The van der Waals surface area contributed by atoms with Crippen LogP contribution in [0.4, 0.5) is 24.5 Å². The number of halogens is 3. The molecule has 0 saturated carbocycles. The number of aromatic nitrogens is 1. The van der Waals surface area contributed by atoms with Crippen LogP contribution < -0.4 is 25.0 Å². The first-order chi connectivity index (χ1) is 21.7. The molecule has 0 spiro atoms. The number of H-pyrrole nitrogens is 1. The summed E-state index contributed by atoms with van der Waals surface area (Å²) in [4.78, 5) is 56.0. The fourth-order valence-corrected chi connectivity index (χ4v) is 8.39. The number of alkyl halides is 3. The number of fused-ring (bicyclic) bond motifs is 2. The van der Waals surface area contributed by atoms with Crippen LogP contribution in [0.5, 0.6) is 5.75 Å². The van der Waals surface area contributed by atoms with Gasteiger partial charge in [-0.25, -0.2) is 18.5 Å². The van der Waals surface area contributed by atoms with Crippen LogP contribution in [0, 0.1) is 5.92 Å². The second-order valence-corrected chi connectivity index (χ2v) is 14.0. The fraction of sp³-hybridized carbons (Fsp3) is 0.172. The molecule has 3 atom stereocenters. The average molecular weight is 691 g/mol. The Morgan fingerprint density at radius 1 is 1.00 bits per heavy atom. The predicted molar refractivity (Wildman–Crippen MR) is 162 cm³/mol. The van der Waals surface area contributed by atoms with E-state index in [4.69, 9.17) is 9.88 Å². The van der Waals surface area contributed by atoms with Gasteiger partial charge in [0.1, 0.15) is 11.0 Å². The number of anilines is 2. The lowest BCUT2D eigenvalue weighted by molar-refractivity contribution is -0.137. The molecule has 3 heterocycles. The van der Waals surface area contributed by atoms with Crippen LogP contribution in [0.2, 0.25) is 0 Å². The summed E-state index contributed by atoms with van der Waals surface area (Å²) in [5.41, 5.74) is -0.598. The normalized spacial score (nSPS) is 19.5. The molecule has 4 aromatic rings. The minimum Gasteiger partial charge on any atom is -0.483 e. The first kappa shape index (κ1) is 31.5. The molecule has 3 amide bonds. The third kappa shape index (κ3) is 5.93. The number of hydrogen-bond acceptors (Lipinski definition) is 9. The first-order valence-electron chi connectivity index (χ1n) is 13.3. The van der Waals surface area contributed by atoms with Gasteiger partial charge >= 0.3 is 11.0 Å². The largest absolute Gasteiger partial charge is 0.483 e. The van der Waals surface area contributed by atoms with Gasteiger partial charge in [-0.2, -0.15) is 13.2 Å². The molecule has 17 heteroatoms. The number of thioether (sulfide) groups is 1. The number of amides is 3. The highest BCUT2D eigenvalue weighted by atomic mass is 32.2. The number of ether oxygens (including phenoxy) is 1. The number of benzene rings is 3. The lowest BCUT2D eigenvalue weighted by atomic mass is 9.82. The Bertz CT molecular complexity index is 2050. The van der Waals surface area contributed by atoms with Crippen LogP contribution in [0.1, 0.15) is 21.9 Å². The Hall–Kier alpha value is -4.45. The molecule has 2 aliphatic rings. The van der Waals surface area contributed by atoms with Crippen LogP contribution in [0.3, 0.4) is 0 Å². The van der Waals surface area contributed by atoms with Crippen LogP contribution in [0.15, 0.2) is 87.5 Å². The Balaban J connectivity index is 1.30. The number of nitrogens with two attached hydrogens (primary N) is 1. The monoisotopic (exact) mass is 690 g/mol. The van der Waals surface area contributed by atoms with E-state index < -0.39 is 68.1 Å². The van der Waals surface area contributed by atoms with Crippen molar-refractivity contribution in [3.8, 4) is 5.75 Å². The number of carbonyl (C=O) groups excluding carboxylic acids is 3. The van der Waals surface area contributed by atoms with E-state index >= 15 is 0 Å². The van der Waals surface area contributed by atoms with E-state index in [9.17, 15) is 40.8 Å². The van der Waals surface area contributed by atoms with Crippen molar-refractivity contribution >= 4 is 62.2 Å². The Kier molecular flexibility index (Phi) is 8.04. The third-order valence-electron chi connectivity index (χ3n) is 7.34. The van der Waals surface area contributed by atoms with Crippen molar-refractivity contribution in [1.82, 2.24) is 4.98 Å². The predicted octanol–water partition coefficient (Wildman–Crippen LogP) is 3.92. The number of primary sulfonamides is 1. The van der Waals surface area contributed by atoms with E-state index in [-0.39, 0.29) is 22.0 Å². The number of hydrogen-bond donors (Lipinski definition) is 3. The number of aromatic amines is 1. The number of nitrogens with zero attached hydrogens (tertiary/aromatic N) is 1. The van der Waals surface area contributed by atoms with Gasteiger partial charge in [-0.1, -0.05) is 47.4 Å². The topological polar surface area (TPSA) is 169 Å². The first-order valence-corrected chi connectivity index (χ1v) is 16.6. The molecule has 2 aliphatic heterocycles. The molecule has 1 fully saturated rings. The van der Waals surface area contributed by atoms with Gasteiger partial charge in [0.2, 0.25) is 21.8 Å². The second kappa shape index (κ2) is 11.7. The van der Waals surface area contributed by atoms with Crippen LogP contribution >= 0.6 is 23.1 Å². The maximum Gasteiger partial charge on any atom is 0.416 e. The molecule has 238 valence electrons. The van der Waals surface area contributed by atoms with Gasteiger partial charge in [-0.3, -0.25) is 19.2 Å². The van der Waals surface area contributed by atoms with E-state index in [1.54, 1.807) is 24.3 Å². The number of nitrogens with one attached hydrogen (secondary N) is 2. The minimum atomic E-state index is -4.70. The zero-order valence-corrected chi connectivity index (χ0v) is 25.6. The molecule has 46 heavy (non-hydrogen) atoms. The molecule has 1 saturated heterocycles. The molecule has 11 nitrogen and oxygen atoms in total. The summed E-state index contributed by atoms with van der Waals surface area (Å²) < 4.78 is 69.2. The maximum absolute atomic E-state index is 14.0. The summed E-state index contributed by atoms with van der Waals surface area (Å²) in [5, 5.41) is 6.94. The molecule has 1 aromatic heterocycles. The summed E-state index contributed by atoms with van der Waals surface area (Å²) in [6, 6.07) is 15.5. The second-order valence-electron chi connectivity index (χ2n) is 10.3. The smallest absolute Gasteiger partial charge is 0.416 e. The van der Waals surface area contributed by atoms with Gasteiger partial charge in [0.25, 0.3) is 5.91 Å². The molecule has 3 aromatic carbocycles. The summed E-state index contributed by atoms with van der Waals surface area (Å²) >= 11 is 1.80. The molecule has 0 aliphatic carbocycles. The van der Waals surface area contributed by atoms with E-state index in [0.717, 1.165) is 46.2 Å². The highest BCUT2D eigenvalue weighted by Gasteiger charge is 2.57. The Labute approximate surface area is 266 Å². The SMILES string of the molecule is NS(=O)(=O)c1ccc(NC(=O)COc2ccccc2C2c3sc(=O)[nH]c3SC3C(=O)N(c4cccc(C(F)(F)F)c4)C(=O)C32)cc1. The van der Waals surface area contributed by atoms with Crippen LogP contribution in [-0.2, 0) is 30.6 Å². The summed E-state index contributed by atoms with van der Waals surface area (Å²) in [7, 11) is -3.92. The zero-order chi connectivity index (χ0) is 33.0. The third-order valence-corrected chi connectivity index (χ3v) is 10.7. The van der Waals surface area contributed by atoms with Gasteiger partial charge < -0.3 is 15.0 Å². The zero-order valence-electron chi connectivity index (χ0n) is 23.1. The van der Waals surface area contributed by atoms with Gasteiger partial charge in [0.05, 0.1) is 27.1 Å². The van der Waals surface area contributed by atoms with Crippen LogP contribution in [0.25, 0.3) is 0 Å². The molecule has 4 N–H and O–H groups in total. The number of rotatable bonds is 7. The average Bonchev–Trinajstić information content (AvgIpc) is 3.49. The minimum absolute atomic E-state index is 0.141. The lowest BCUT2D eigenvalue weighted by Crippen LogP contribution is -2.32. The van der Waals surface area contributed by atoms with Gasteiger partial charge in [-0.05, 0) is 48.5 Å². The quantitative estimate of drug-likeness (QED) is 0.245. The highest BCUT2D eigenvalue weighted by molar-refractivity contribution is 8.00. The van der Waals surface area contributed by atoms with Crippen molar-refractivity contribution in [2.24, 2.45) is 11.1 Å². The molecule has 0 bridgehead atoms. The highest BCUT2D eigenvalue weighted by Crippen LogP contribution is 2.54. The number of thiazole rings is 1. The van der Waals surface area contributed by atoms with Crippen molar-refractivity contribution < 1.29 is 40.7 Å².